The van der Waals surface area contributed by atoms with Gasteiger partial charge in [-0.25, -0.2) is 0 Å². The molecular formula is C16H22N2O. The SMILES string of the molecule is CC1CCCC1NC(=O)c1cccc2c1NCCC2. The number of rotatable bonds is 2. The standard InChI is InChI=1S/C16H22N2O/c1-11-5-2-9-14(11)18-16(19)13-8-3-6-12-7-4-10-17-15(12)13/h3,6,8,11,14,17H,2,4-5,7,9-10H2,1H3,(H,18,19). The van der Waals surface area contributed by atoms with Gasteiger partial charge >= 0.3 is 0 Å². The lowest BCUT2D eigenvalue weighted by molar-refractivity contribution is 0.0930. The first-order chi connectivity index (χ1) is 9.25. The van der Waals surface area contributed by atoms with Crippen LogP contribution in [-0.2, 0) is 6.42 Å². The number of hydrogen-bond donors (Lipinski definition) is 2. The molecule has 0 radical (unpaired) electrons. The number of carbonyl (C=O) groups excluding carboxylic acids is 1. The van der Waals surface area contributed by atoms with E-state index in [1.54, 1.807) is 0 Å². The molecule has 0 saturated heterocycles. The second-order valence-corrected chi connectivity index (χ2v) is 5.86. The lowest BCUT2D eigenvalue weighted by Crippen LogP contribution is -2.37. The molecule has 1 aromatic rings. The molecule has 0 spiro atoms. The van der Waals surface area contributed by atoms with Crippen LogP contribution in [0.15, 0.2) is 18.2 Å². The number of nitrogens with one attached hydrogen (secondary N) is 2. The van der Waals surface area contributed by atoms with Gasteiger partial charge in [0.2, 0.25) is 0 Å². The van der Waals surface area contributed by atoms with E-state index >= 15 is 0 Å². The minimum atomic E-state index is 0.0880. The summed E-state index contributed by atoms with van der Waals surface area (Å²) in [5.41, 5.74) is 3.14. The van der Waals surface area contributed by atoms with Crippen molar-refractivity contribution in [3.63, 3.8) is 0 Å². The third-order valence-corrected chi connectivity index (χ3v) is 4.50. The van der Waals surface area contributed by atoms with Crippen molar-refractivity contribution in [1.82, 2.24) is 5.32 Å². The lowest BCUT2D eigenvalue weighted by Gasteiger charge is -2.23. The van der Waals surface area contributed by atoms with Crippen molar-refractivity contribution in [2.75, 3.05) is 11.9 Å². The second kappa shape index (κ2) is 5.24. The molecular weight excluding hydrogens is 236 g/mol. The predicted octanol–water partition coefficient (Wildman–Crippen LogP) is 2.96. The van der Waals surface area contributed by atoms with Crippen molar-refractivity contribution < 1.29 is 4.79 Å². The van der Waals surface area contributed by atoms with Crippen LogP contribution in [0.1, 0.15) is 48.5 Å². The maximum Gasteiger partial charge on any atom is 0.253 e. The van der Waals surface area contributed by atoms with Crippen molar-refractivity contribution in [2.45, 2.75) is 45.1 Å². The first-order valence-corrected chi connectivity index (χ1v) is 7.42. The molecule has 2 aliphatic rings. The molecule has 1 amide bonds. The third-order valence-electron chi connectivity index (χ3n) is 4.50. The highest BCUT2D eigenvalue weighted by Crippen LogP contribution is 2.28. The number of amides is 1. The topological polar surface area (TPSA) is 41.1 Å². The molecule has 0 bridgehead atoms. The van der Waals surface area contributed by atoms with Crippen LogP contribution in [0.3, 0.4) is 0 Å². The van der Waals surface area contributed by atoms with Crippen LogP contribution in [0.25, 0.3) is 0 Å². The Morgan fingerprint density at radius 1 is 1.32 bits per heavy atom. The normalized spacial score (nSPS) is 25.5. The molecule has 0 aromatic heterocycles. The Morgan fingerprint density at radius 2 is 2.21 bits per heavy atom. The lowest BCUT2D eigenvalue weighted by atomic mass is 9.98. The fourth-order valence-corrected chi connectivity index (χ4v) is 3.30. The number of aryl methyl sites for hydroxylation is 1. The quantitative estimate of drug-likeness (QED) is 0.856. The van der Waals surface area contributed by atoms with E-state index in [2.05, 4.69) is 23.6 Å². The van der Waals surface area contributed by atoms with Crippen LogP contribution in [0.5, 0.6) is 0 Å². The molecule has 1 aromatic carbocycles. The van der Waals surface area contributed by atoms with E-state index in [1.807, 2.05) is 12.1 Å². The molecule has 19 heavy (non-hydrogen) atoms. The van der Waals surface area contributed by atoms with Crippen molar-refractivity contribution in [1.29, 1.82) is 0 Å². The minimum Gasteiger partial charge on any atom is -0.384 e. The highest BCUT2D eigenvalue weighted by molar-refractivity contribution is 6.00. The first-order valence-electron chi connectivity index (χ1n) is 7.42. The van der Waals surface area contributed by atoms with Gasteiger partial charge in [-0.05, 0) is 43.2 Å². The first kappa shape index (κ1) is 12.5. The number of anilines is 1. The fraction of sp³-hybridized carbons (Fsp3) is 0.562. The molecule has 1 fully saturated rings. The average Bonchev–Trinajstić information content (AvgIpc) is 2.83. The molecule has 1 aliphatic carbocycles. The molecule has 1 heterocycles. The van der Waals surface area contributed by atoms with Gasteiger partial charge in [0.1, 0.15) is 0 Å². The summed E-state index contributed by atoms with van der Waals surface area (Å²) in [7, 11) is 0. The zero-order chi connectivity index (χ0) is 13.2. The summed E-state index contributed by atoms with van der Waals surface area (Å²) in [5.74, 6) is 0.696. The van der Waals surface area contributed by atoms with E-state index in [0.29, 0.717) is 12.0 Å². The zero-order valence-electron chi connectivity index (χ0n) is 11.5. The van der Waals surface area contributed by atoms with E-state index < -0.39 is 0 Å². The van der Waals surface area contributed by atoms with Gasteiger partial charge in [-0.1, -0.05) is 25.5 Å². The van der Waals surface area contributed by atoms with Crippen LogP contribution in [0.4, 0.5) is 5.69 Å². The van der Waals surface area contributed by atoms with Crippen LogP contribution in [0, 0.1) is 5.92 Å². The number of fused-ring (bicyclic) bond motifs is 1. The third kappa shape index (κ3) is 2.46. The molecule has 102 valence electrons. The van der Waals surface area contributed by atoms with Gasteiger partial charge in [0, 0.05) is 12.6 Å². The van der Waals surface area contributed by atoms with E-state index in [1.165, 1.54) is 18.4 Å². The minimum absolute atomic E-state index is 0.0880. The van der Waals surface area contributed by atoms with Crippen LogP contribution in [-0.4, -0.2) is 18.5 Å². The average molecular weight is 258 g/mol. The van der Waals surface area contributed by atoms with Crippen molar-refractivity contribution in [2.24, 2.45) is 5.92 Å². The molecule has 3 rings (SSSR count). The second-order valence-electron chi connectivity index (χ2n) is 5.86. The van der Waals surface area contributed by atoms with Gasteiger partial charge in [0.25, 0.3) is 5.91 Å². The summed E-state index contributed by atoms with van der Waals surface area (Å²) in [5, 5.41) is 6.60. The van der Waals surface area contributed by atoms with Crippen molar-refractivity contribution in [3.8, 4) is 0 Å². The predicted molar refractivity (Wildman–Crippen MR) is 77.5 cm³/mol. The van der Waals surface area contributed by atoms with Crippen molar-refractivity contribution >= 4 is 11.6 Å². The molecule has 1 saturated carbocycles. The van der Waals surface area contributed by atoms with Gasteiger partial charge in [-0.2, -0.15) is 0 Å². The Kier molecular flexibility index (Phi) is 3.45. The largest absolute Gasteiger partial charge is 0.384 e. The monoisotopic (exact) mass is 258 g/mol. The van der Waals surface area contributed by atoms with Gasteiger partial charge in [-0.3, -0.25) is 4.79 Å². The van der Waals surface area contributed by atoms with E-state index in [9.17, 15) is 4.79 Å². The van der Waals surface area contributed by atoms with Gasteiger partial charge in [0.05, 0.1) is 11.3 Å². The van der Waals surface area contributed by atoms with Gasteiger partial charge in [0.15, 0.2) is 0 Å². The summed E-state index contributed by atoms with van der Waals surface area (Å²) in [6, 6.07) is 6.41. The van der Waals surface area contributed by atoms with E-state index in [4.69, 9.17) is 0 Å². The Labute approximate surface area is 114 Å². The van der Waals surface area contributed by atoms with Crippen LogP contribution >= 0.6 is 0 Å². The maximum atomic E-state index is 12.5. The highest BCUT2D eigenvalue weighted by Gasteiger charge is 2.26. The van der Waals surface area contributed by atoms with Crippen molar-refractivity contribution in [3.05, 3.63) is 29.3 Å². The zero-order valence-corrected chi connectivity index (χ0v) is 11.5. The molecule has 2 unspecified atom stereocenters. The molecule has 3 heteroatoms. The van der Waals surface area contributed by atoms with Crippen LogP contribution < -0.4 is 10.6 Å². The number of para-hydroxylation sites is 1. The summed E-state index contributed by atoms with van der Waals surface area (Å²) >= 11 is 0. The van der Waals surface area contributed by atoms with Gasteiger partial charge < -0.3 is 10.6 Å². The van der Waals surface area contributed by atoms with E-state index in [-0.39, 0.29) is 5.91 Å². The summed E-state index contributed by atoms with van der Waals surface area (Å²) < 4.78 is 0. The molecule has 2 atom stereocenters. The van der Waals surface area contributed by atoms with E-state index in [0.717, 1.165) is 37.1 Å². The number of benzene rings is 1. The molecule has 3 nitrogen and oxygen atoms in total. The highest BCUT2D eigenvalue weighted by atomic mass is 16.1. The number of hydrogen-bond acceptors (Lipinski definition) is 2. The van der Waals surface area contributed by atoms with Crippen LogP contribution in [0.2, 0.25) is 0 Å². The summed E-state index contributed by atoms with van der Waals surface area (Å²) in [6.07, 6.45) is 5.81. The Morgan fingerprint density at radius 3 is 3.00 bits per heavy atom. The molecule has 1 aliphatic heterocycles. The Bertz CT molecular complexity index is 484. The Hall–Kier alpha value is -1.51. The fourth-order valence-electron chi connectivity index (χ4n) is 3.30. The maximum absolute atomic E-state index is 12.5. The number of carbonyl (C=O) groups is 1. The summed E-state index contributed by atoms with van der Waals surface area (Å²) in [4.78, 5) is 12.5. The Balaban J connectivity index is 1.80. The molecule has 2 N–H and O–H groups in total. The van der Waals surface area contributed by atoms with Gasteiger partial charge in [-0.15, -0.1) is 0 Å². The smallest absolute Gasteiger partial charge is 0.253 e. The summed E-state index contributed by atoms with van der Waals surface area (Å²) in [6.45, 7) is 3.20.